The maximum atomic E-state index is 4.03. The highest BCUT2D eigenvalue weighted by molar-refractivity contribution is 9.12. The van der Waals surface area contributed by atoms with Crippen molar-refractivity contribution in [3.8, 4) is 11.1 Å². The Morgan fingerprint density at radius 3 is 1.35 bits per heavy atom. The molecule has 0 saturated heterocycles. The molecule has 15 aliphatic rings. The standard InChI is InChI=1S/C30H20Br4/c31-27-19-23-13-14-30(27,34)26-11-5-21(6-12-26)20-1-7-24(8-2-20)28(32)15-17-29(33,18-16-28)25-9-3-22(23)4-10-25/h1-19,27H. The third-order valence-electron chi connectivity index (χ3n) is 7.02. The number of alkyl halides is 4. The highest BCUT2D eigenvalue weighted by atomic mass is 79.9. The van der Waals surface area contributed by atoms with Crippen LogP contribution in [-0.4, -0.2) is 4.83 Å². The van der Waals surface area contributed by atoms with Gasteiger partial charge in [-0.15, -0.1) is 0 Å². The van der Waals surface area contributed by atoms with Gasteiger partial charge in [-0.05, 0) is 39.0 Å². The Hall–Kier alpha value is -1.46. The quantitative estimate of drug-likeness (QED) is 0.162. The Labute approximate surface area is 234 Å². The molecule has 0 aliphatic heterocycles. The maximum absolute atomic E-state index is 4.03. The normalized spacial score (nSPS) is 30.8. The summed E-state index contributed by atoms with van der Waals surface area (Å²) >= 11 is 15.9. The molecule has 0 radical (unpaired) electrons. The van der Waals surface area contributed by atoms with Crippen LogP contribution in [0.25, 0.3) is 16.7 Å². The molecule has 10 bridgehead atoms. The first-order chi connectivity index (χ1) is 16.3. The fourth-order valence-electron chi connectivity index (χ4n) is 4.82. The molecule has 0 spiro atoms. The average molecular weight is 700 g/mol. The van der Waals surface area contributed by atoms with Gasteiger partial charge in [-0.2, -0.15) is 0 Å². The van der Waals surface area contributed by atoms with Crippen molar-refractivity contribution in [3.63, 3.8) is 0 Å². The number of hydrogen-bond acceptors (Lipinski definition) is 0. The molecule has 18 rings (SSSR count). The molecule has 3 aromatic carbocycles. The molecule has 0 aromatic heterocycles. The minimum atomic E-state index is -0.329. The van der Waals surface area contributed by atoms with E-state index in [4.69, 9.17) is 0 Å². The topological polar surface area (TPSA) is 0 Å². The van der Waals surface area contributed by atoms with Crippen molar-refractivity contribution in [2.24, 2.45) is 0 Å². The molecular formula is C30H20Br4. The van der Waals surface area contributed by atoms with Crippen molar-refractivity contribution in [3.05, 3.63) is 138 Å². The van der Waals surface area contributed by atoms with Crippen molar-refractivity contribution in [1.82, 2.24) is 0 Å². The van der Waals surface area contributed by atoms with E-state index in [1.165, 1.54) is 39.0 Å². The molecule has 15 aliphatic carbocycles. The van der Waals surface area contributed by atoms with Crippen LogP contribution in [0.2, 0.25) is 0 Å². The van der Waals surface area contributed by atoms with Gasteiger partial charge in [0.1, 0.15) is 0 Å². The molecule has 34 heavy (non-hydrogen) atoms. The van der Waals surface area contributed by atoms with Crippen LogP contribution in [0.5, 0.6) is 0 Å². The summed E-state index contributed by atoms with van der Waals surface area (Å²) < 4.78 is -0.948. The maximum Gasteiger partial charge on any atom is 0.0867 e. The molecule has 2 atom stereocenters. The molecule has 2 unspecified atom stereocenters. The van der Waals surface area contributed by atoms with Crippen LogP contribution in [0, 0.1) is 0 Å². The number of allylic oxidation sites excluding steroid dienone is 8. The van der Waals surface area contributed by atoms with Gasteiger partial charge in [-0.1, -0.05) is 179 Å². The SMILES string of the molecule is BrC1C=C2C=CC1(Br)c1ccc(cc1)-c1ccc(cc1)C1(Br)C=CC(Br)(C=C1)c1ccc2cc1. The van der Waals surface area contributed by atoms with Gasteiger partial charge in [0, 0.05) is 0 Å². The molecule has 3 aromatic rings. The Bertz CT molecular complexity index is 1360. The fourth-order valence-corrected chi connectivity index (χ4v) is 7.11. The number of halogens is 4. The van der Waals surface area contributed by atoms with E-state index in [0.29, 0.717) is 0 Å². The molecule has 0 N–H and O–H groups in total. The van der Waals surface area contributed by atoms with Gasteiger partial charge in [0.2, 0.25) is 0 Å². The molecule has 0 saturated carbocycles. The van der Waals surface area contributed by atoms with Gasteiger partial charge in [0.25, 0.3) is 0 Å². The predicted molar refractivity (Wildman–Crippen MR) is 158 cm³/mol. The average Bonchev–Trinajstić information content (AvgIpc) is 2.88. The second-order valence-corrected chi connectivity index (χ2v) is 14.0. The van der Waals surface area contributed by atoms with Crippen LogP contribution in [0.1, 0.15) is 22.3 Å². The highest BCUT2D eigenvalue weighted by Crippen LogP contribution is 2.48. The summed E-state index contributed by atoms with van der Waals surface area (Å²) in [6, 6.07) is 26.5. The van der Waals surface area contributed by atoms with Crippen LogP contribution < -0.4 is 0 Å². The van der Waals surface area contributed by atoms with Crippen molar-refractivity contribution in [1.29, 1.82) is 0 Å². The number of hydrogen-bond donors (Lipinski definition) is 0. The van der Waals surface area contributed by atoms with Crippen LogP contribution in [0.15, 0.2) is 115 Å². The molecule has 0 fully saturated rings. The Morgan fingerprint density at radius 1 is 0.500 bits per heavy atom. The summed E-state index contributed by atoms with van der Waals surface area (Å²) in [5.74, 6) is 0. The minimum Gasteiger partial charge on any atom is -0.0822 e. The van der Waals surface area contributed by atoms with E-state index < -0.39 is 0 Å². The van der Waals surface area contributed by atoms with Crippen molar-refractivity contribution >= 4 is 69.3 Å². The van der Waals surface area contributed by atoms with Crippen LogP contribution in [0.4, 0.5) is 0 Å². The largest absolute Gasteiger partial charge is 0.0867 e. The smallest absolute Gasteiger partial charge is 0.0822 e. The summed E-state index contributed by atoms with van der Waals surface area (Å²) in [5, 5.41) is 0. The van der Waals surface area contributed by atoms with E-state index in [2.05, 4.69) is 179 Å². The van der Waals surface area contributed by atoms with E-state index in [0.717, 1.165) is 0 Å². The molecular weight excluding hydrogens is 680 g/mol. The molecule has 4 heteroatoms. The Kier molecular flexibility index (Phi) is 5.61. The first-order valence-electron chi connectivity index (χ1n) is 11.1. The van der Waals surface area contributed by atoms with Gasteiger partial charge in [0.05, 0.1) is 17.8 Å². The zero-order valence-corrected chi connectivity index (χ0v) is 24.4. The Morgan fingerprint density at radius 2 is 0.912 bits per heavy atom. The van der Waals surface area contributed by atoms with Gasteiger partial charge in [-0.25, -0.2) is 0 Å². The molecule has 168 valence electrons. The second kappa shape index (κ2) is 8.30. The van der Waals surface area contributed by atoms with Crippen LogP contribution in [0.3, 0.4) is 0 Å². The fraction of sp³-hybridized carbons (Fsp3) is 0.133. The lowest BCUT2D eigenvalue weighted by Gasteiger charge is -2.32. The first-order valence-corrected chi connectivity index (χ1v) is 14.4. The van der Waals surface area contributed by atoms with Crippen LogP contribution >= 0.6 is 63.7 Å². The van der Waals surface area contributed by atoms with Gasteiger partial charge < -0.3 is 0 Å². The first kappa shape index (κ1) is 23.0. The monoisotopic (exact) mass is 696 g/mol. The lowest BCUT2D eigenvalue weighted by Crippen LogP contribution is -2.28. The summed E-state index contributed by atoms with van der Waals surface area (Å²) in [7, 11) is 0. The summed E-state index contributed by atoms with van der Waals surface area (Å²) in [6.07, 6.45) is 15.7. The van der Waals surface area contributed by atoms with E-state index in [-0.39, 0.29) is 17.8 Å². The Balaban J connectivity index is 1.52. The molecule has 0 amide bonds. The predicted octanol–water partition coefficient (Wildman–Crippen LogP) is 9.68. The summed E-state index contributed by atoms with van der Waals surface area (Å²) in [6.45, 7) is 0. The van der Waals surface area contributed by atoms with E-state index in [1.807, 2.05) is 0 Å². The van der Waals surface area contributed by atoms with Crippen molar-refractivity contribution in [2.75, 3.05) is 0 Å². The second-order valence-electron chi connectivity index (χ2n) is 9.06. The molecule has 0 nitrogen and oxygen atoms in total. The lowest BCUT2D eigenvalue weighted by atomic mass is 9.84. The van der Waals surface area contributed by atoms with Gasteiger partial charge in [0.15, 0.2) is 0 Å². The lowest BCUT2D eigenvalue weighted by molar-refractivity contribution is 0.827. The third-order valence-corrected chi connectivity index (χ3v) is 11.8. The van der Waals surface area contributed by atoms with E-state index in [9.17, 15) is 0 Å². The van der Waals surface area contributed by atoms with Gasteiger partial charge in [-0.3, -0.25) is 0 Å². The van der Waals surface area contributed by atoms with Crippen molar-refractivity contribution < 1.29 is 0 Å². The summed E-state index contributed by atoms with van der Waals surface area (Å²) in [5.41, 5.74) is 8.47. The van der Waals surface area contributed by atoms with Crippen LogP contribution in [-0.2, 0) is 13.0 Å². The third kappa shape index (κ3) is 3.73. The zero-order valence-electron chi connectivity index (χ0n) is 18.1. The number of benzene rings is 3. The number of rotatable bonds is 0. The van der Waals surface area contributed by atoms with Crippen molar-refractivity contribution in [2.45, 2.75) is 17.8 Å². The zero-order chi connectivity index (χ0) is 23.6. The summed E-state index contributed by atoms with van der Waals surface area (Å²) in [4.78, 5) is 0.120. The van der Waals surface area contributed by atoms with E-state index in [1.54, 1.807) is 0 Å². The van der Waals surface area contributed by atoms with Gasteiger partial charge >= 0.3 is 0 Å². The highest BCUT2D eigenvalue weighted by Gasteiger charge is 2.36. The molecule has 0 heterocycles. The van der Waals surface area contributed by atoms with E-state index >= 15 is 0 Å². The minimum absolute atomic E-state index is 0.120.